The highest BCUT2D eigenvalue weighted by Crippen LogP contribution is 2.18. The van der Waals surface area contributed by atoms with Crippen molar-refractivity contribution < 1.29 is 4.74 Å². The highest BCUT2D eigenvalue weighted by Gasteiger charge is 2.03. The Hall–Kier alpha value is -1.97. The van der Waals surface area contributed by atoms with Crippen LogP contribution in [0.2, 0.25) is 0 Å². The zero-order chi connectivity index (χ0) is 13.0. The second kappa shape index (κ2) is 5.58. The van der Waals surface area contributed by atoms with Crippen LogP contribution in [-0.4, -0.2) is 16.4 Å². The van der Waals surface area contributed by atoms with Crippen LogP contribution in [0.3, 0.4) is 0 Å². The molecule has 0 bridgehead atoms. The Bertz CT molecular complexity index is 520. The molecule has 0 aliphatic carbocycles. The largest absolute Gasteiger partial charge is 0.494 e. The minimum absolute atomic E-state index is 0.686. The maximum absolute atomic E-state index is 5.47. The minimum Gasteiger partial charge on any atom is -0.494 e. The smallest absolute Gasteiger partial charge is 0.121 e. The molecule has 2 rings (SSSR count). The first kappa shape index (κ1) is 12.5. The van der Waals surface area contributed by atoms with Crippen molar-refractivity contribution in [2.24, 2.45) is 7.05 Å². The van der Waals surface area contributed by atoms with Gasteiger partial charge in [0.15, 0.2) is 0 Å². The van der Waals surface area contributed by atoms with Gasteiger partial charge in [-0.05, 0) is 26.0 Å². The summed E-state index contributed by atoms with van der Waals surface area (Å²) in [6, 6.07) is 8.00. The third-order valence-corrected chi connectivity index (χ3v) is 2.74. The van der Waals surface area contributed by atoms with Gasteiger partial charge in [0, 0.05) is 37.1 Å². The number of nitrogens with zero attached hydrogens (tertiary/aromatic N) is 2. The van der Waals surface area contributed by atoms with Gasteiger partial charge in [0.1, 0.15) is 5.75 Å². The van der Waals surface area contributed by atoms with Crippen molar-refractivity contribution >= 4 is 5.69 Å². The topological polar surface area (TPSA) is 39.1 Å². The van der Waals surface area contributed by atoms with Crippen LogP contribution in [0.25, 0.3) is 0 Å². The standard InChI is InChI=1S/C14H19N3O/c1-4-18-14-7-5-6-13(8-14)15-9-12-10-17(3)16-11(12)2/h5-8,10,15H,4,9H2,1-3H3. The lowest BCUT2D eigenvalue weighted by Crippen LogP contribution is -2.00. The summed E-state index contributed by atoms with van der Waals surface area (Å²) in [5.74, 6) is 0.894. The zero-order valence-electron chi connectivity index (χ0n) is 11.1. The second-order valence-corrected chi connectivity index (χ2v) is 4.23. The number of benzene rings is 1. The third-order valence-electron chi connectivity index (χ3n) is 2.74. The molecule has 18 heavy (non-hydrogen) atoms. The number of aromatic nitrogens is 2. The van der Waals surface area contributed by atoms with Crippen LogP contribution in [0.5, 0.6) is 5.75 Å². The summed E-state index contributed by atoms with van der Waals surface area (Å²) < 4.78 is 7.31. The van der Waals surface area contributed by atoms with Gasteiger partial charge in [0.25, 0.3) is 0 Å². The molecule has 0 saturated heterocycles. The molecule has 2 aromatic rings. The summed E-state index contributed by atoms with van der Waals surface area (Å²) in [5, 5.41) is 7.70. The Kier molecular flexibility index (Phi) is 3.87. The van der Waals surface area contributed by atoms with Crippen LogP contribution in [0.15, 0.2) is 30.5 Å². The average Bonchev–Trinajstić information content (AvgIpc) is 2.66. The van der Waals surface area contributed by atoms with E-state index in [1.807, 2.05) is 56.0 Å². The van der Waals surface area contributed by atoms with Gasteiger partial charge < -0.3 is 10.1 Å². The van der Waals surface area contributed by atoms with Crippen LogP contribution in [0.4, 0.5) is 5.69 Å². The zero-order valence-corrected chi connectivity index (χ0v) is 11.1. The molecule has 0 spiro atoms. The molecule has 96 valence electrons. The molecule has 0 aliphatic rings. The normalized spacial score (nSPS) is 10.4. The third kappa shape index (κ3) is 3.03. The summed E-state index contributed by atoms with van der Waals surface area (Å²) >= 11 is 0. The molecular formula is C14H19N3O. The van der Waals surface area contributed by atoms with E-state index in [0.29, 0.717) is 6.61 Å². The highest BCUT2D eigenvalue weighted by molar-refractivity contribution is 5.48. The lowest BCUT2D eigenvalue weighted by atomic mass is 10.2. The predicted molar refractivity (Wildman–Crippen MR) is 72.9 cm³/mol. The van der Waals surface area contributed by atoms with Crippen molar-refractivity contribution in [2.45, 2.75) is 20.4 Å². The first-order valence-electron chi connectivity index (χ1n) is 6.15. The van der Waals surface area contributed by atoms with E-state index in [1.54, 1.807) is 0 Å². The Morgan fingerprint density at radius 1 is 1.39 bits per heavy atom. The fourth-order valence-corrected chi connectivity index (χ4v) is 1.88. The monoisotopic (exact) mass is 245 g/mol. The quantitative estimate of drug-likeness (QED) is 0.880. The van der Waals surface area contributed by atoms with E-state index >= 15 is 0 Å². The molecule has 0 radical (unpaired) electrons. The summed E-state index contributed by atoms with van der Waals surface area (Å²) in [6.07, 6.45) is 2.04. The van der Waals surface area contributed by atoms with E-state index in [-0.39, 0.29) is 0 Å². The Morgan fingerprint density at radius 2 is 2.22 bits per heavy atom. The van der Waals surface area contributed by atoms with Gasteiger partial charge >= 0.3 is 0 Å². The number of anilines is 1. The molecule has 0 unspecified atom stereocenters. The minimum atomic E-state index is 0.686. The van der Waals surface area contributed by atoms with Gasteiger partial charge in [-0.15, -0.1) is 0 Å². The lowest BCUT2D eigenvalue weighted by molar-refractivity contribution is 0.340. The summed E-state index contributed by atoms with van der Waals surface area (Å²) in [7, 11) is 1.94. The molecule has 0 atom stereocenters. The van der Waals surface area contributed by atoms with E-state index < -0.39 is 0 Å². The van der Waals surface area contributed by atoms with Gasteiger partial charge in [-0.1, -0.05) is 6.07 Å². The molecule has 1 N–H and O–H groups in total. The molecule has 1 aromatic carbocycles. The number of aryl methyl sites for hydroxylation is 2. The second-order valence-electron chi connectivity index (χ2n) is 4.23. The Balaban J connectivity index is 2.01. The van der Waals surface area contributed by atoms with Crippen molar-refractivity contribution in [1.82, 2.24) is 9.78 Å². The predicted octanol–water partition coefficient (Wildman–Crippen LogP) is 2.74. The van der Waals surface area contributed by atoms with Crippen LogP contribution in [0.1, 0.15) is 18.2 Å². The molecular weight excluding hydrogens is 226 g/mol. The first-order chi connectivity index (χ1) is 8.69. The number of rotatable bonds is 5. The molecule has 0 amide bonds. The fraction of sp³-hybridized carbons (Fsp3) is 0.357. The molecule has 4 nitrogen and oxygen atoms in total. The van der Waals surface area contributed by atoms with Gasteiger partial charge in [-0.25, -0.2) is 0 Å². The number of nitrogens with one attached hydrogen (secondary N) is 1. The van der Waals surface area contributed by atoms with Crippen LogP contribution >= 0.6 is 0 Å². The van der Waals surface area contributed by atoms with Crippen molar-refractivity contribution in [1.29, 1.82) is 0 Å². The maximum atomic E-state index is 5.47. The van der Waals surface area contributed by atoms with E-state index in [4.69, 9.17) is 4.74 Å². The number of ether oxygens (including phenoxy) is 1. The Morgan fingerprint density at radius 3 is 2.89 bits per heavy atom. The van der Waals surface area contributed by atoms with Gasteiger partial charge in [0.05, 0.1) is 12.3 Å². The van der Waals surface area contributed by atoms with Crippen molar-refractivity contribution in [3.05, 3.63) is 41.7 Å². The molecule has 0 fully saturated rings. The molecule has 1 heterocycles. The molecule has 0 saturated carbocycles. The van der Waals surface area contributed by atoms with E-state index in [0.717, 1.165) is 23.7 Å². The summed E-state index contributed by atoms with van der Waals surface area (Å²) in [6.45, 7) is 5.47. The van der Waals surface area contributed by atoms with Crippen molar-refractivity contribution in [3.63, 3.8) is 0 Å². The SMILES string of the molecule is CCOc1cccc(NCc2cn(C)nc2C)c1. The first-order valence-corrected chi connectivity index (χ1v) is 6.15. The van der Waals surface area contributed by atoms with Crippen LogP contribution in [-0.2, 0) is 13.6 Å². The summed E-state index contributed by atoms with van der Waals surface area (Å²) in [4.78, 5) is 0. The van der Waals surface area contributed by atoms with Crippen LogP contribution in [0, 0.1) is 6.92 Å². The van der Waals surface area contributed by atoms with Gasteiger partial charge in [-0.2, -0.15) is 5.10 Å². The van der Waals surface area contributed by atoms with Crippen molar-refractivity contribution in [2.75, 3.05) is 11.9 Å². The average molecular weight is 245 g/mol. The fourth-order valence-electron chi connectivity index (χ4n) is 1.88. The lowest BCUT2D eigenvalue weighted by Gasteiger charge is -2.08. The number of hydrogen-bond acceptors (Lipinski definition) is 3. The molecule has 4 heteroatoms. The van der Waals surface area contributed by atoms with Crippen LogP contribution < -0.4 is 10.1 Å². The number of hydrogen-bond donors (Lipinski definition) is 1. The van der Waals surface area contributed by atoms with E-state index in [1.165, 1.54) is 5.56 Å². The maximum Gasteiger partial charge on any atom is 0.121 e. The van der Waals surface area contributed by atoms with E-state index in [2.05, 4.69) is 10.4 Å². The molecule has 1 aromatic heterocycles. The summed E-state index contributed by atoms with van der Waals surface area (Å²) in [5.41, 5.74) is 3.33. The van der Waals surface area contributed by atoms with Gasteiger partial charge in [0.2, 0.25) is 0 Å². The Labute approximate surface area is 108 Å². The van der Waals surface area contributed by atoms with E-state index in [9.17, 15) is 0 Å². The van der Waals surface area contributed by atoms with Gasteiger partial charge in [-0.3, -0.25) is 4.68 Å². The molecule has 0 aliphatic heterocycles. The highest BCUT2D eigenvalue weighted by atomic mass is 16.5. The van der Waals surface area contributed by atoms with Crippen molar-refractivity contribution in [3.8, 4) is 5.75 Å².